The summed E-state index contributed by atoms with van der Waals surface area (Å²) in [6.45, 7) is 0. The zero-order valence-electron chi connectivity index (χ0n) is 14.4. The van der Waals surface area contributed by atoms with E-state index in [1.54, 1.807) is 11.3 Å². The van der Waals surface area contributed by atoms with Gasteiger partial charge in [0.2, 0.25) is 0 Å². The summed E-state index contributed by atoms with van der Waals surface area (Å²) in [5, 5.41) is 12.4. The van der Waals surface area contributed by atoms with Crippen LogP contribution in [0, 0.1) is 0 Å². The predicted molar refractivity (Wildman–Crippen MR) is 103 cm³/mol. The summed E-state index contributed by atoms with van der Waals surface area (Å²) in [5.41, 5.74) is 3.85. The average molecular weight is 364 g/mol. The van der Waals surface area contributed by atoms with Gasteiger partial charge < -0.3 is 5.32 Å². The Bertz CT molecular complexity index is 953. The molecule has 1 fully saturated rings. The number of hydrogen-bond donors (Lipinski definition) is 2. The Morgan fingerprint density at radius 2 is 1.96 bits per heavy atom. The molecule has 2 aromatic heterocycles. The molecule has 2 heterocycles. The summed E-state index contributed by atoms with van der Waals surface area (Å²) in [6, 6.07) is 7.75. The monoisotopic (exact) mass is 364 g/mol. The molecule has 1 saturated carbocycles. The topological polar surface area (TPSA) is 70.7 Å². The highest BCUT2D eigenvalue weighted by Crippen LogP contribution is 2.38. The first-order valence-electron chi connectivity index (χ1n) is 9.21. The van der Waals surface area contributed by atoms with E-state index in [4.69, 9.17) is 0 Å². The fraction of sp³-hybridized carbons (Fsp3) is 0.350. The molecule has 0 saturated heterocycles. The van der Waals surface area contributed by atoms with Crippen LogP contribution in [0.5, 0.6) is 0 Å². The number of benzene rings is 1. The molecule has 2 aliphatic carbocycles. The molecule has 26 heavy (non-hydrogen) atoms. The third kappa shape index (κ3) is 2.94. The Labute approximate surface area is 155 Å². The van der Waals surface area contributed by atoms with E-state index in [-0.39, 0.29) is 5.91 Å². The number of anilines is 1. The lowest BCUT2D eigenvalue weighted by Crippen LogP contribution is -2.14. The Balaban J connectivity index is 1.31. The first kappa shape index (κ1) is 15.8. The average Bonchev–Trinajstić information content (AvgIpc) is 3.24. The summed E-state index contributed by atoms with van der Waals surface area (Å²) in [7, 11) is 0. The van der Waals surface area contributed by atoms with Crippen molar-refractivity contribution >= 4 is 22.9 Å². The van der Waals surface area contributed by atoms with Crippen molar-refractivity contribution in [2.75, 3.05) is 5.32 Å². The highest BCUT2D eigenvalue weighted by Gasteiger charge is 2.27. The van der Waals surface area contributed by atoms with Crippen molar-refractivity contribution in [2.45, 2.75) is 44.4 Å². The van der Waals surface area contributed by atoms with Crippen LogP contribution in [0.15, 0.2) is 29.6 Å². The van der Waals surface area contributed by atoms with Crippen molar-refractivity contribution in [1.29, 1.82) is 0 Å². The first-order valence-corrected chi connectivity index (χ1v) is 10.1. The molecular weight excluding hydrogens is 344 g/mol. The molecule has 0 unspecified atom stereocenters. The van der Waals surface area contributed by atoms with Crippen molar-refractivity contribution in [3.8, 4) is 11.4 Å². The predicted octanol–water partition coefficient (Wildman–Crippen LogP) is 4.54. The Hall–Kier alpha value is -2.47. The number of aryl methyl sites for hydroxylation is 1. The second-order valence-corrected chi connectivity index (χ2v) is 8.07. The van der Waals surface area contributed by atoms with Crippen LogP contribution in [-0.4, -0.2) is 21.1 Å². The lowest BCUT2D eigenvalue weighted by molar-refractivity contribution is 0.102. The Kier molecular flexibility index (Phi) is 3.85. The number of H-pyrrole nitrogens is 1. The van der Waals surface area contributed by atoms with E-state index in [1.807, 2.05) is 29.6 Å². The molecule has 0 radical (unpaired) electrons. The van der Waals surface area contributed by atoms with Crippen LogP contribution in [0.2, 0.25) is 0 Å². The molecule has 3 aromatic rings. The van der Waals surface area contributed by atoms with Gasteiger partial charge in [-0.3, -0.25) is 9.89 Å². The molecule has 1 amide bonds. The number of amides is 1. The Morgan fingerprint density at radius 1 is 1.15 bits per heavy atom. The largest absolute Gasteiger partial charge is 0.322 e. The number of hydrogen-bond acceptors (Lipinski definition) is 4. The quantitative estimate of drug-likeness (QED) is 0.714. The van der Waals surface area contributed by atoms with Crippen molar-refractivity contribution < 1.29 is 4.79 Å². The molecule has 1 aromatic carbocycles. The van der Waals surface area contributed by atoms with Crippen LogP contribution in [0.3, 0.4) is 0 Å². The van der Waals surface area contributed by atoms with Crippen LogP contribution < -0.4 is 5.32 Å². The number of rotatable bonds is 4. The molecule has 2 N–H and O–H groups in total. The maximum Gasteiger partial charge on any atom is 0.256 e. The van der Waals surface area contributed by atoms with Gasteiger partial charge in [-0.1, -0.05) is 0 Å². The molecule has 5 rings (SSSR count). The molecule has 0 spiro atoms. The normalized spacial score (nSPS) is 16.3. The number of fused-ring (bicyclic) bond motifs is 1. The van der Waals surface area contributed by atoms with Crippen molar-refractivity contribution in [1.82, 2.24) is 15.2 Å². The Morgan fingerprint density at radius 3 is 2.77 bits per heavy atom. The van der Waals surface area contributed by atoms with Crippen molar-refractivity contribution in [2.24, 2.45) is 0 Å². The molecule has 6 heteroatoms. The van der Waals surface area contributed by atoms with Gasteiger partial charge in [-0.05, 0) is 68.4 Å². The minimum Gasteiger partial charge on any atom is -0.322 e. The summed E-state index contributed by atoms with van der Waals surface area (Å²) in [5.74, 6) is 2.26. The zero-order valence-corrected chi connectivity index (χ0v) is 15.2. The van der Waals surface area contributed by atoms with Gasteiger partial charge in [0.05, 0.1) is 5.56 Å². The lowest BCUT2D eigenvalue weighted by Gasteiger charge is -2.12. The molecule has 0 bridgehead atoms. The summed E-state index contributed by atoms with van der Waals surface area (Å²) in [4.78, 5) is 18.6. The molecule has 5 nitrogen and oxygen atoms in total. The van der Waals surface area contributed by atoms with Gasteiger partial charge in [-0.15, -0.1) is 11.3 Å². The van der Waals surface area contributed by atoms with E-state index in [1.165, 1.54) is 36.1 Å². The van der Waals surface area contributed by atoms with Crippen LogP contribution in [-0.2, 0) is 12.8 Å². The fourth-order valence-corrected chi connectivity index (χ4v) is 4.65. The van der Waals surface area contributed by atoms with Crippen LogP contribution in [0.25, 0.3) is 11.4 Å². The van der Waals surface area contributed by atoms with Crippen molar-refractivity contribution in [3.63, 3.8) is 0 Å². The van der Waals surface area contributed by atoms with Gasteiger partial charge in [0.1, 0.15) is 5.82 Å². The van der Waals surface area contributed by atoms with E-state index in [2.05, 4.69) is 20.5 Å². The van der Waals surface area contributed by atoms with E-state index >= 15 is 0 Å². The number of carbonyl (C=O) groups is 1. The second-order valence-electron chi connectivity index (χ2n) is 7.11. The van der Waals surface area contributed by atoms with E-state index < -0.39 is 0 Å². The van der Waals surface area contributed by atoms with Gasteiger partial charge in [-0.25, -0.2) is 4.98 Å². The fourth-order valence-electron chi connectivity index (χ4n) is 3.53. The number of thiophene rings is 1. The van der Waals surface area contributed by atoms with Gasteiger partial charge in [0.15, 0.2) is 5.82 Å². The third-order valence-corrected chi connectivity index (χ3v) is 6.26. The molecule has 0 aliphatic heterocycles. The smallest absolute Gasteiger partial charge is 0.256 e. The zero-order chi connectivity index (χ0) is 17.5. The van der Waals surface area contributed by atoms with E-state index in [0.29, 0.717) is 5.92 Å². The minimum absolute atomic E-state index is 0.00827. The van der Waals surface area contributed by atoms with Crippen LogP contribution in [0.4, 0.5) is 5.69 Å². The highest BCUT2D eigenvalue weighted by molar-refractivity contribution is 7.10. The van der Waals surface area contributed by atoms with E-state index in [9.17, 15) is 4.79 Å². The number of aromatic nitrogens is 3. The molecule has 132 valence electrons. The molecule has 2 aliphatic rings. The molecular formula is C20H20N4OS. The van der Waals surface area contributed by atoms with Gasteiger partial charge in [0.25, 0.3) is 5.91 Å². The van der Waals surface area contributed by atoms with Gasteiger partial charge in [0, 0.05) is 27.4 Å². The lowest BCUT2D eigenvalue weighted by atomic mass is 9.95. The van der Waals surface area contributed by atoms with Crippen LogP contribution in [0.1, 0.15) is 58.2 Å². The van der Waals surface area contributed by atoms with Crippen molar-refractivity contribution in [3.05, 3.63) is 51.5 Å². The maximum absolute atomic E-state index is 12.7. The number of carbonyl (C=O) groups excluding carboxylic acids is 1. The maximum atomic E-state index is 12.7. The molecule has 0 atom stereocenters. The van der Waals surface area contributed by atoms with E-state index in [0.717, 1.165) is 41.3 Å². The SMILES string of the molecule is O=C(Nc1ccc(-c2n[nH]c(C3CC3)n2)cc1)c1csc2c1CCCC2. The minimum atomic E-state index is -0.00827. The van der Waals surface area contributed by atoms with Gasteiger partial charge in [-0.2, -0.15) is 5.10 Å². The second kappa shape index (κ2) is 6.36. The number of aromatic amines is 1. The number of nitrogens with zero attached hydrogens (tertiary/aromatic N) is 2. The van der Waals surface area contributed by atoms with Crippen LogP contribution >= 0.6 is 11.3 Å². The summed E-state index contributed by atoms with van der Waals surface area (Å²) in [6.07, 6.45) is 6.95. The summed E-state index contributed by atoms with van der Waals surface area (Å²) < 4.78 is 0. The van der Waals surface area contributed by atoms with Gasteiger partial charge >= 0.3 is 0 Å². The highest BCUT2D eigenvalue weighted by atomic mass is 32.1. The standard InChI is InChI=1S/C20H20N4OS/c25-20(16-11-26-17-4-2-1-3-15(16)17)21-14-9-7-13(8-10-14)19-22-18(23-24-19)12-5-6-12/h7-12H,1-6H2,(H,21,25)(H,22,23,24). The third-order valence-electron chi connectivity index (χ3n) is 5.17. The number of nitrogens with one attached hydrogen (secondary N) is 2. The first-order chi connectivity index (χ1) is 12.8. The summed E-state index contributed by atoms with van der Waals surface area (Å²) >= 11 is 1.72.